The fourth-order valence-electron chi connectivity index (χ4n) is 2.49. The first-order valence-corrected chi connectivity index (χ1v) is 8.17. The Labute approximate surface area is 142 Å². The standard InChI is InChI=1S/C17H25N3O4/c1-2-14-10-20(7-8-23-14)11-17(22)19-9-13-3-5-15(6-4-13)24-12-16(18)21/h3-6,14H,2,7-12H2,1H3,(H2,18,21)(H,19,22). The zero-order chi connectivity index (χ0) is 17.4. The monoisotopic (exact) mass is 335 g/mol. The molecule has 1 saturated heterocycles. The smallest absolute Gasteiger partial charge is 0.255 e. The lowest BCUT2D eigenvalue weighted by Gasteiger charge is -2.31. The zero-order valence-corrected chi connectivity index (χ0v) is 14.0. The number of nitrogens with zero attached hydrogens (tertiary/aromatic N) is 1. The van der Waals surface area contributed by atoms with Crippen molar-refractivity contribution >= 4 is 11.8 Å². The van der Waals surface area contributed by atoms with Crippen molar-refractivity contribution in [1.82, 2.24) is 10.2 Å². The van der Waals surface area contributed by atoms with Crippen LogP contribution in [0.15, 0.2) is 24.3 Å². The second-order valence-electron chi connectivity index (χ2n) is 5.81. The van der Waals surface area contributed by atoms with Crippen molar-refractivity contribution in [3.05, 3.63) is 29.8 Å². The topological polar surface area (TPSA) is 93.9 Å². The van der Waals surface area contributed by atoms with E-state index in [1.165, 1.54) is 0 Å². The molecule has 2 rings (SSSR count). The minimum atomic E-state index is -0.514. The van der Waals surface area contributed by atoms with E-state index in [1.54, 1.807) is 12.1 Å². The van der Waals surface area contributed by atoms with Gasteiger partial charge in [-0.3, -0.25) is 14.5 Å². The molecular weight excluding hydrogens is 310 g/mol. The molecular formula is C17H25N3O4. The molecule has 2 amide bonds. The van der Waals surface area contributed by atoms with E-state index >= 15 is 0 Å². The molecule has 0 spiro atoms. The van der Waals surface area contributed by atoms with Gasteiger partial charge in [-0.15, -0.1) is 0 Å². The molecule has 0 radical (unpaired) electrons. The molecule has 0 aromatic heterocycles. The first kappa shape index (κ1) is 18.2. The summed E-state index contributed by atoms with van der Waals surface area (Å²) in [5, 5.41) is 2.91. The average Bonchev–Trinajstić information content (AvgIpc) is 2.59. The van der Waals surface area contributed by atoms with E-state index in [9.17, 15) is 9.59 Å². The highest BCUT2D eigenvalue weighted by Crippen LogP contribution is 2.12. The number of amides is 2. The lowest BCUT2D eigenvalue weighted by Crippen LogP contribution is -2.46. The number of carbonyl (C=O) groups excluding carboxylic acids is 2. The molecule has 1 fully saturated rings. The molecule has 1 aliphatic heterocycles. The third-order valence-electron chi connectivity index (χ3n) is 3.84. The fraction of sp³-hybridized carbons (Fsp3) is 0.529. The highest BCUT2D eigenvalue weighted by Gasteiger charge is 2.20. The Morgan fingerprint density at radius 2 is 2.12 bits per heavy atom. The Morgan fingerprint density at radius 3 is 2.79 bits per heavy atom. The van der Waals surface area contributed by atoms with Crippen LogP contribution in [0.5, 0.6) is 5.75 Å². The van der Waals surface area contributed by atoms with E-state index < -0.39 is 5.91 Å². The summed E-state index contributed by atoms with van der Waals surface area (Å²) in [7, 11) is 0. The molecule has 132 valence electrons. The average molecular weight is 335 g/mol. The molecule has 3 N–H and O–H groups in total. The number of benzene rings is 1. The van der Waals surface area contributed by atoms with Gasteiger partial charge in [0.1, 0.15) is 5.75 Å². The molecule has 0 aliphatic carbocycles. The number of morpholine rings is 1. The summed E-state index contributed by atoms with van der Waals surface area (Å²) in [6.45, 7) is 5.06. The molecule has 7 nitrogen and oxygen atoms in total. The predicted octanol–water partition coefficient (Wildman–Crippen LogP) is 0.278. The fourth-order valence-corrected chi connectivity index (χ4v) is 2.49. The Morgan fingerprint density at radius 1 is 1.38 bits per heavy atom. The van der Waals surface area contributed by atoms with Crippen LogP contribution in [0, 0.1) is 0 Å². The van der Waals surface area contributed by atoms with E-state index in [0.717, 1.165) is 25.1 Å². The zero-order valence-electron chi connectivity index (χ0n) is 14.0. The van der Waals surface area contributed by atoms with Crippen LogP contribution in [0.1, 0.15) is 18.9 Å². The SMILES string of the molecule is CCC1CN(CC(=O)NCc2ccc(OCC(N)=O)cc2)CCO1. The maximum absolute atomic E-state index is 12.1. The van der Waals surface area contributed by atoms with Crippen LogP contribution in [0.3, 0.4) is 0 Å². The molecule has 0 saturated carbocycles. The van der Waals surface area contributed by atoms with Gasteiger partial charge in [0.25, 0.3) is 5.91 Å². The van der Waals surface area contributed by atoms with Gasteiger partial charge in [0.2, 0.25) is 5.91 Å². The number of hydrogen-bond acceptors (Lipinski definition) is 5. The lowest BCUT2D eigenvalue weighted by atomic mass is 10.2. The van der Waals surface area contributed by atoms with Crippen LogP contribution in [-0.4, -0.2) is 55.7 Å². The third kappa shape index (κ3) is 6.17. The molecule has 0 bridgehead atoms. The molecule has 24 heavy (non-hydrogen) atoms. The Hall–Kier alpha value is -2.12. The van der Waals surface area contributed by atoms with Gasteiger partial charge in [0, 0.05) is 19.6 Å². The summed E-state index contributed by atoms with van der Waals surface area (Å²) in [5.74, 6) is 0.0587. The summed E-state index contributed by atoms with van der Waals surface area (Å²) in [6.07, 6.45) is 1.18. The number of nitrogens with two attached hydrogens (primary N) is 1. The Balaban J connectivity index is 1.72. The summed E-state index contributed by atoms with van der Waals surface area (Å²) in [5.41, 5.74) is 5.98. The summed E-state index contributed by atoms with van der Waals surface area (Å²) in [4.78, 5) is 24.8. The van der Waals surface area contributed by atoms with E-state index in [4.69, 9.17) is 15.2 Å². The summed E-state index contributed by atoms with van der Waals surface area (Å²) >= 11 is 0. The lowest BCUT2D eigenvalue weighted by molar-refractivity contribution is -0.124. The maximum Gasteiger partial charge on any atom is 0.255 e. The van der Waals surface area contributed by atoms with Gasteiger partial charge in [0.15, 0.2) is 6.61 Å². The number of primary amides is 1. The van der Waals surface area contributed by atoms with Crippen molar-refractivity contribution in [1.29, 1.82) is 0 Å². The van der Waals surface area contributed by atoms with Crippen molar-refractivity contribution < 1.29 is 19.1 Å². The highest BCUT2D eigenvalue weighted by molar-refractivity contribution is 5.78. The van der Waals surface area contributed by atoms with Gasteiger partial charge in [0.05, 0.1) is 19.3 Å². The third-order valence-corrected chi connectivity index (χ3v) is 3.84. The van der Waals surface area contributed by atoms with Crippen LogP contribution in [0.25, 0.3) is 0 Å². The van der Waals surface area contributed by atoms with Crippen molar-refractivity contribution in [2.75, 3.05) is 32.8 Å². The summed E-state index contributed by atoms with van der Waals surface area (Å²) in [6, 6.07) is 7.19. The first-order valence-electron chi connectivity index (χ1n) is 8.17. The Kier molecular flexibility index (Phi) is 7.02. The number of hydrogen-bond donors (Lipinski definition) is 2. The second kappa shape index (κ2) is 9.24. The van der Waals surface area contributed by atoms with Gasteiger partial charge in [-0.2, -0.15) is 0 Å². The molecule has 1 atom stereocenters. The van der Waals surface area contributed by atoms with E-state index in [0.29, 0.717) is 25.4 Å². The van der Waals surface area contributed by atoms with Crippen molar-refractivity contribution in [3.63, 3.8) is 0 Å². The minimum Gasteiger partial charge on any atom is -0.484 e. The number of carbonyl (C=O) groups is 2. The predicted molar refractivity (Wildman–Crippen MR) is 89.4 cm³/mol. The van der Waals surface area contributed by atoms with Gasteiger partial charge in [-0.25, -0.2) is 0 Å². The molecule has 1 aromatic carbocycles. The number of ether oxygens (including phenoxy) is 2. The largest absolute Gasteiger partial charge is 0.484 e. The molecule has 1 heterocycles. The number of rotatable bonds is 8. The van der Waals surface area contributed by atoms with Gasteiger partial charge in [-0.05, 0) is 24.1 Å². The van der Waals surface area contributed by atoms with E-state index in [1.807, 2.05) is 12.1 Å². The van der Waals surface area contributed by atoms with Crippen LogP contribution < -0.4 is 15.8 Å². The molecule has 1 unspecified atom stereocenters. The molecule has 1 aliphatic rings. The summed E-state index contributed by atoms with van der Waals surface area (Å²) < 4.78 is 10.8. The highest BCUT2D eigenvalue weighted by atomic mass is 16.5. The van der Waals surface area contributed by atoms with Crippen molar-refractivity contribution in [2.45, 2.75) is 26.0 Å². The molecule has 7 heteroatoms. The van der Waals surface area contributed by atoms with Crippen molar-refractivity contribution in [3.8, 4) is 5.75 Å². The van der Waals surface area contributed by atoms with Crippen LogP contribution in [-0.2, 0) is 20.9 Å². The van der Waals surface area contributed by atoms with Crippen molar-refractivity contribution in [2.24, 2.45) is 5.73 Å². The van der Waals surface area contributed by atoms with Crippen LogP contribution in [0.4, 0.5) is 0 Å². The Bertz CT molecular complexity index is 547. The maximum atomic E-state index is 12.1. The molecule has 1 aromatic rings. The normalized spacial score (nSPS) is 18.1. The number of nitrogens with one attached hydrogen (secondary N) is 1. The minimum absolute atomic E-state index is 0.000748. The second-order valence-corrected chi connectivity index (χ2v) is 5.81. The van der Waals surface area contributed by atoms with Gasteiger partial charge in [-0.1, -0.05) is 19.1 Å². The quantitative estimate of drug-likeness (QED) is 0.712. The van der Waals surface area contributed by atoms with Gasteiger partial charge < -0.3 is 20.5 Å². The van der Waals surface area contributed by atoms with Crippen LogP contribution >= 0.6 is 0 Å². The van der Waals surface area contributed by atoms with Crippen LogP contribution in [0.2, 0.25) is 0 Å². The van der Waals surface area contributed by atoms with Gasteiger partial charge >= 0.3 is 0 Å². The van der Waals surface area contributed by atoms with E-state index in [-0.39, 0.29) is 18.6 Å². The first-order chi connectivity index (χ1) is 11.6. The van der Waals surface area contributed by atoms with E-state index in [2.05, 4.69) is 17.1 Å².